The molecule has 0 saturated carbocycles. The molecular formula is C13H16N4O3S2. The summed E-state index contributed by atoms with van der Waals surface area (Å²) in [7, 11) is 1.57. The van der Waals surface area contributed by atoms with Crippen LogP contribution in [0, 0.1) is 6.92 Å². The fraction of sp³-hybridized carbons (Fsp3) is 0.385. The number of aromatic nitrogens is 2. The van der Waals surface area contributed by atoms with Crippen LogP contribution in [-0.2, 0) is 9.53 Å². The van der Waals surface area contributed by atoms with Gasteiger partial charge in [-0.15, -0.1) is 11.3 Å². The van der Waals surface area contributed by atoms with E-state index in [0.29, 0.717) is 34.0 Å². The molecule has 2 amide bonds. The fourth-order valence-corrected chi connectivity index (χ4v) is 3.27. The van der Waals surface area contributed by atoms with Crippen LogP contribution in [0.1, 0.15) is 22.3 Å². The standard InChI is InChI=1S/C13H16N4O3S2/c1-8-10(11(19)16-12-14-4-7-21-12)22-13(15-8)17(9(2)18)5-6-20-3/h4,7H,5-6H2,1-3H3,(H,14,16,19). The van der Waals surface area contributed by atoms with Crippen molar-refractivity contribution in [3.63, 3.8) is 0 Å². The molecule has 2 rings (SSSR count). The van der Waals surface area contributed by atoms with Crippen molar-refractivity contribution >= 4 is 44.8 Å². The van der Waals surface area contributed by atoms with Gasteiger partial charge < -0.3 is 4.74 Å². The Hall–Kier alpha value is -1.84. The molecule has 0 aromatic carbocycles. The molecule has 2 heterocycles. The summed E-state index contributed by atoms with van der Waals surface area (Å²) in [6.45, 7) is 4.00. The van der Waals surface area contributed by atoms with Crippen molar-refractivity contribution in [2.75, 3.05) is 30.5 Å². The lowest BCUT2D eigenvalue weighted by molar-refractivity contribution is -0.116. The molecule has 1 N–H and O–H groups in total. The minimum Gasteiger partial charge on any atom is -0.383 e. The summed E-state index contributed by atoms with van der Waals surface area (Å²) in [5.41, 5.74) is 0.581. The monoisotopic (exact) mass is 340 g/mol. The summed E-state index contributed by atoms with van der Waals surface area (Å²) < 4.78 is 5.00. The molecular weight excluding hydrogens is 324 g/mol. The van der Waals surface area contributed by atoms with Crippen LogP contribution >= 0.6 is 22.7 Å². The van der Waals surface area contributed by atoms with Crippen molar-refractivity contribution in [1.82, 2.24) is 9.97 Å². The first kappa shape index (κ1) is 16.5. The lowest BCUT2D eigenvalue weighted by Gasteiger charge is -2.16. The van der Waals surface area contributed by atoms with Gasteiger partial charge in [0.05, 0.1) is 18.8 Å². The van der Waals surface area contributed by atoms with Crippen LogP contribution in [0.3, 0.4) is 0 Å². The number of carbonyl (C=O) groups is 2. The molecule has 0 spiro atoms. The molecule has 0 saturated heterocycles. The van der Waals surface area contributed by atoms with Gasteiger partial charge in [-0.2, -0.15) is 0 Å². The zero-order valence-corrected chi connectivity index (χ0v) is 14.1. The Balaban J connectivity index is 2.18. The molecule has 22 heavy (non-hydrogen) atoms. The SMILES string of the molecule is COCCN(C(C)=O)c1nc(C)c(C(=O)Nc2nccs2)s1. The molecule has 2 aromatic rings. The normalized spacial score (nSPS) is 10.5. The number of anilines is 2. The molecule has 0 fully saturated rings. The summed E-state index contributed by atoms with van der Waals surface area (Å²) in [5.74, 6) is -0.413. The van der Waals surface area contributed by atoms with Crippen molar-refractivity contribution in [1.29, 1.82) is 0 Å². The number of thiazole rings is 2. The Morgan fingerprint density at radius 1 is 1.45 bits per heavy atom. The second-order valence-electron chi connectivity index (χ2n) is 4.37. The number of ether oxygens (including phenoxy) is 1. The van der Waals surface area contributed by atoms with E-state index in [2.05, 4.69) is 15.3 Å². The first-order chi connectivity index (χ1) is 10.5. The highest BCUT2D eigenvalue weighted by Gasteiger charge is 2.21. The summed E-state index contributed by atoms with van der Waals surface area (Å²) in [6.07, 6.45) is 1.62. The van der Waals surface area contributed by atoms with E-state index in [1.165, 1.54) is 34.5 Å². The molecule has 0 aliphatic carbocycles. The summed E-state index contributed by atoms with van der Waals surface area (Å²) in [4.78, 5) is 34.3. The number of hydrogen-bond acceptors (Lipinski definition) is 7. The van der Waals surface area contributed by atoms with Crippen LogP contribution in [0.5, 0.6) is 0 Å². The lowest BCUT2D eigenvalue weighted by atomic mass is 10.4. The van der Waals surface area contributed by atoms with Crippen molar-refractivity contribution in [3.05, 3.63) is 22.1 Å². The number of amides is 2. The van der Waals surface area contributed by atoms with Gasteiger partial charge in [0.25, 0.3) is 5.91 Å². The maximum atomic E-state index is 12.3. The predicted molar refractivity (Wildman–Crippen MR) is 86.8 cm³/mol. The second kappa shape index (κ2) is 7.43. The molecule has 0 aliphatic heterocycles. The first-order valence-electron chi connectivity index (χ1n) is 6.48. The van der Waals surface area contributed by atoms with Crippen LogP contribution in [-0.4, -0.2) is 42.0 Å². The van der Waals surface area contributed by atoms with E-state index >= 15 is 0 Å². The van der Waals surface area contributed by atoms with E-state index in [4.69, 9.17) is 4.74 Å². The molecule has 0 aliphatic rings. The van der Waals surface area contributed by atoms with Crippen LogP contribution in [0.15, 0.2) is 11.6 Å². The quantitative estimate of drug-likeness (QED) is 0.871. The zero-order valence-electron chi connectivity index (χ0n) is 12.5. The van der Waals surface area contributed by atoms with Crippen molar-refractivity contribution in [2.45, 2.75) is 13.8 Å². The van der Waals surface area contributed by atoms with Gasteiger partial charge in [-0.1, -0.05) is 11.3 Å². The molecule has 0 unspecified atom stereocenters. The Morgan fingerprint density at radius 2 is 2.23 bits per heavy atom. The number of methoxy groups -OCH3 is 1. The highest BCUT2D eigenvalue weighted by molar-refractivity contribution is 7.18. The third kappa shape index (κ3) is 3.87. The topological polar surface area (TPSA) is 84.4 Å². The Labute approximate surface area is 136 Å². The smallest absolute Gasteiger partial charge is 0.269 e. The van der Waals surface area contributed by atoms with Crippen LogP contribution in [0.25, 0.3) is 0 Å². The van der Waals surface area contributed by atoms with Crippen molar-refractivity contribution in [3.8, 4) is 0 Å². The average molecular weight is 340 g/mol. The molecule has 0 bridgehead atoms. The Morgan fingerprint density at radius 3 is 2.82 bits per heavy atom. The van der Waals surface area contributed by atoms with Gasteiger partial charge in [-0.3, -0.25) is 19.8 Å². The van der Waals surface area contributed by atoms with E-state index in [1.54, 1.807) is 25.6 Å². The minimum atomic E-state index is -0.272. The molecule has 7 nitrogen and oxygen atoms in total. The second-order valence-corrected chi connectivity index (χ2v) is 6.24. The maximum Gasteiger partial charge on any atom is 0.269 e. The number of aryl methyl sites for hydroxylation is 1. The maximum absolute atomic E-state index is 12.3. The molecule has 118 valence electrons. The van der Waals surface area contributed by atoms with Gasteiger partial charge >= 0.3 is 0 Å². The average Bonchev–Trinajstić information content (AvgIpc) is 3.08. The molecule has 2 aromatic heterocycles. The lowest BCUT2D eigenvalue weighted by Crippen LogP contribution is -2.31. The van der Waals surface area contributed by atoms with E-state index in [0.717, 1.165) is 0 Å². The first-order valence-corrected chi connectivity index (χ1v) is 8.18. The van der Waals surface area contributed by atoms with E-state index in [1.807, 2.05) is 0 Å². The number of rotatable bonds is 6. The van der Waals surface area contributed by atoms with E-state index < -0.39 is 0 Å². The summed E-state index contributed by atoms with van der Waals surface area (Å²) in [5, 5.41) is 5.52. The van der Waals surface area contributed by atoms with Gasteiger partial charge in [0.1, 0.15) is 4.88 Å². The van der Waals surface area contributed by atoms with Gasteiger partial charge in [0.15, 0.2) is 10.3 Å². The Kier molecular flexibility index (Phi) is 5.58. The van der Waals surface area contributed by atoms with Crippen LogP contribution in [0.4, 0.5) is 10.3 Å². The van der Waals surface area contributed by atoms with Gasteiger partial charge in [0.2, 0.25) is 5.91 Å². The molecule has 0 radical (unpaired) electrons. The fourth-order valence-electron chi connectivity index (χ4n) is 1.72. The zero-order chi connectivity index (χ0) is 16.1. The van der Waals surface area contributed by atoms with Gasteiger partial charge in [0, 0.05) is 25.6 Å². The molecule has 9 heteroatoms. The third-order valence-corrected chi connectivity index (χ3v) is 4.64. The highest BCUT2D eigenvalue weighted by atomic mass is 32.1. The van der Waals surface area contributed by atoms with Gasteiger partial charge in [-0.25, -0.2) is 9.97 Å². The van der Waals surface area contributed by atoms with E-state index in [-0.39, 0.29) is 11.8 Å². The minimum absolute atomic E-state index is 0.141. The Bertz CT molecular complexity index is 654. The van der Waals surface area contributed by atoms with Crippen LogP contribution < -0.4 is 10.2 Å². The largest absolute Gasteiger partial charge is 0.383 e. The van der Waals surface area contributed by atoms with Crippen molar-refractivity contribution < 1.29 is 14.3 Å². The summed E-state index contributed by atoms with van der Waals surface area (Å²) in [6, 6.07) is 0. The highest BCUT2D eigenvalue weighted by Crippen LogP contribution is 2.27. The van der Waals surface area contributed by atoms with E-state index in [9.17, 15) is 9.59 Å². The third-order valence-electron chi connectivity index (χ3n) is 2.77. The number of nitrogens with one attached hydrogen (secondary N) is 1. The number of carbonyl (C=O) groups excluding carboxylic acids is 2. The molecule has 0 atom stereocenters. The number of hydrogen-bond donors (Lipinski definition) is 1. The van der Waals surface area contributed by atoms with Crippen molar-refractivity contribution in [2.24, 2.45) is 0 Å². The summed E-state index contributed by atoms with van der Waals surface area (Å²) >= 11 is 2.52. The predicted octanol–water partition coefficient (Wildman–Crippen LogP) is 2.16. The van der Waals surface area contributed by atoms with Crippen LogP contribution in [0.2, 0.25) is 0 Å². The number of nitrogens with zero attached hydrogens (tertiary/aromatic N) is 3. The van der Waals surface area contributed by atoms with Gasteiger partial charge in [-0.05, 0) is 6.92 Å².